The van der Waals surface area contributed by atoms with Crippen molar-refractivity contribution in [3.05, 3.63) is 65.2 Å². The summed E-state index contributed by atoms with van der Waals surface area (Å²) in [7, 11) is 1.59. The van der Waals surface area contributed by atoms with Crippen molar-refractivity contribution < 1.29 is 19.1 Å². The molecule has 28 heavy (non-hydrogen) atoms. The van der Waals surface area contributed by atoms with E-state index in [1.165, 1.54) is 0 Å². The van der Waals surface area contributed by atoms with Crippen molar-refractivity contribution in [2.45, 2.75) is 52.4 Å². The molecule has 0 radical (unpaired) electrons. The first-order valence-corrected chi connectivity index (χ1v) is 9.62. The van der Waals surface area contributed by atoms with Crippen LogP contribution in [-0.2, 0) is 22.7 Å². The quantitative estimate of drug-likeness (QED) is 0.588. The van der Waals surface area contributed by atoms with Crippen LogP contribution in [0.3, 0.4) is 0 Å². The summed E-state index contributed by atoms with van der Waals surface area (Å²) in [6.07, 6.45) is 1.35. The lowest BCUT2D eigenvalue weighted by molar-refractivity contribution is -0.121. The van der Waals surface area contributed by atoms with E-state index in [1.807, 2.05) is 38.1 Å². The van der Waals surface area contributed by atoms with Crippen LogP contribution in [0.25, 0.3) is 0 Å². The van der Waals surface area contributed by atoms with Gasteiger partial charge in [-0.1, -0.05) is 24.3 Å². The molecule has 5 heteroatoms. The fourth-order valence-electron chi connectivity index (χ4n) is 2.74. The number of carbonyl (C=O) groups is 2. The number of ether oxygens (including phenoxy) is 2. The Morgan fingerprint density at radius 1 is 0.964 bits per heavy atom. The van der Waals surface area contributed by atoms with Gasteiger partial charge in [-0.05, 0) is 55.7 Å². The molecule has 0 spiro atoms. The van der Waals surface area contributed by atoms with Gasteiger partial charge in [0.2, 0.25) is 5.91 Å². The second-order valence-corrected chi connectivity index (χ2v) is 6.91. The molecule has 1 N–H and O–H groups in total. The number of ketones is 1. The zero-order valence-corrected chi connectivity index (χ0v) is 16.9. The van der Waals surface area contributed by atoms with E-state index in [0.29, 0.717) is 38.0 Å². The average Bonchev–Trinajstić information content (AvgIpc) is 2.71. The number of benzene rings is 2. The van der Waals surface area contributed by atoms with Crippen LogP contribution >= 0.6 is 0 Å². The molecule has 0 aliphatic heterocycles. The predicted octanol–water partition coefficient (Wildman–Crippen LogP) is 4.29. The summed E-state index contributed by atoms with van der Waals surface area (Å²) in [6.45, 7) is 4.98. The summed E-state index contributed by atoms with van der Waals surface area (Å²) in [6, 6.07) is 14.9. The Morgan fingerprint density at radius 3 is 2.29 bits per heavy atom. The monoisotopic (exact) mass is 383 g/mol. The first kappa shape index (κ1) is 21.6. The third-order valence-corrected chi connectivity index (χ3v) is 4.39. The van der Waals surface area contributed by atoms with Crippen LogP contribution in [0.1, 0.15) is 54.6 Å². The van der Waals surface area contributed by atoms with Gasteiger partial charge in [0, 0.05) is 24.9 Å². The fraction of sp³-hybridized carbons (Fsp3) is 0.391. The van der Waals surface area contributed by atoms with Gasteiger partial charge >= 0.3 is 0 Å². The summed E-state index contributed by atoms with van der Waals surface area (Å²) in [5.41, 5.74) is 2.76. The molecule has 0 heterocycles. The van der Waals surface area contributed by atoms with Gasteiger partial charge in [0.25, 0.3) is 0 Å². The molecule has 150 valence electrons. The van der Waals surface area contributed by atoms with Gasteiger partial charge in [-0.2, -0.15) is 0 Å². The molecule has 1 amide bonds. The van der Waals surface area contributed by atoms with Gasteiger partial charge in [0.05, 0.1) is 19.8 Å². The molecule has 0 aromatic heterocycles. The van der Waals surface area contributed by atoms with Crippen molar-refractivity contribution in [3.8, 4) is 5.75 Å². The van der Waals surface area contributed by atoms with Crippen molar-refractivity contribution in [2.24, 2.45) is 0 Å². The number of nitrogens with one attached hydrogen (secondary N) is 1. The SMILES string of the molecule is COc1ccc(C(=O)CCCC(=O)NCc2ccccc2COC(C)C)cc1. The van der Waals surface area contributed by atoms with Crippen LogP contribution in [0.2, 0.25) is 0 Å². The number of carbonyl (C=O) groups excluding carboxylic acids is 2. The van der Waals surface area contributed by atoms with Crippen LogP contribution in [0.15, 0.2) is 48.5 Å². The number of hydrogen-bond donors (Lipinski definition) is 1. The lowest BCUT2D eigenvalue weighted by atomic mass is 10.0. The molecule has 0 saturated carbocycles. The van der Waals surface area contributed by atoms with Gasteiger partial charge in [-0.15, -0.1) is 0 Å². The highest BCUT2D eigenvalue weighted by atomic mass is 16.5. The zero-order chi connectivity index (χ0) is 20.4. The summed E-state index contributed by atoms with van der Waals surface area (Å²) >= 11 is 0. The van der Waals surface area contributed by atoms with Gasteiger partial charge in [-0.3, -0.25) is 9.59 Å². The average molecular weight is 383 g/mol. The highest BCUT2D eigenvalue weighted by molar-refractivity contribution is 5.96. The standard InChI is InChI=1S/C23H29NO4/c1-17(2)28-16-20-8-5-4-7-19(20)15-24-23(26)10-6-9-22(25)18-11-13-21(27-3)14-12-18/h4-5,7-8,11-14,17H,6,9-10,15-16H2,1-3H3,(H,24,26). The molecule has 0 fully saturated rings. The molecule has 0 aliphatic carbocycles. The number of Topliss-reactive ketones (excluding diaryl/α,β-unsaturated/α-hetero) is 1. The maximum Gasteiger partial charge on any atom is 0.220 e. The fourth-order valence-corrected chi connectivity index (χ4v) is 2.74. The van der Waals surface area contributed by atoms with Crippen LogP contribution in [-0.4, -0.2) is 24.9 Å². The van der Waals surface area contributed by atoms with E-state index in [4.69, 9.17) is 9.47 Å². The normalized spacial score (nSPS) is 10.7. The van der Waals surface area contributed by atoms with E-state index < -0.39 is 0 Å². The van der Waals surface area contributed by atoms with Crippen molar-refractivity contribution >= 4 is 11.7 Å². The molecule has 2 aromatic rings. The van der Waals surface area contributed by atoms with Crippen LogP contribution in [0.5, 0.6) is 5.75 Å². The van der Waals surface area contributed by atoms with E-state index in [1.54, 1.807) is 31.4 Å². The highest BCUT2D eigenvalue weighted by Crippen LogP contribution is 2.14. The van der Waals surface area contributed by atoms with Crippen molar-refractivity contribution in [1.29, 1.82) is 0 Å². The first-order valence-electron chi connectivity index (χ1n) is 9.62. The van der Waals surface area contributed by atoms with Gasteiger partial charge in [-0.25, -0.2) is 0 Å². The minimum absolute atomic E-state index is 0.0339. The minimum atomic E-state index is -0.0536. The summed E-state index contributed by atoms with van der Waals surface area (Å²) in [5, 5.41) is 2.93. The minimum Gasteiger partial charge on any atom is -0.497 e. The summed E-state index contributed by atoms with van der Waals surface area (Å²) in [5.74, 6) is 0.698. The zero-order valence-electron chi connectivity index (χ0n) is 16.9. The number of rotatable bonds is 11. The lowest BCUT2D eigenvalue weighted by Crippen LogP contribution is -2.23. The Kier molecular flexibility index (Phi) is 8.69. The number of amides is 1. The summed E-state index contributed by atoms with van der Waals surface area (Å²) < 4.78 is 10.8. The second-order valence-electron chi connectivity index (χ2n) is 6.91. The van der Waals surface area contributed by atoms with Gasteiger partial charge in [0.1, 0.15) is 5.75 Å². The molecular formula is C23H29NO4. The Balaban J connectivity index is 1.75. The molecule has 0 bridgehead atoms. The molecule has 2 rings (SSSR count). The van der Waals surface area contributed by atoms with E-state index in [0.717, 1.165) is 16.9 Å². The smallest absolute Gasteiger partial charge is 0.220 e. The highest BCUT2D eigenvalue weighted by Gasteiger charge is 2.09. The molecule has 0 atom stereocenters. The molecule has 0 aliphatic rings. The number of methoxy groups -OCH3 is 1. The molecule has 0 saturated heterocycles. The van der Waals surface area contributed by atoms with Crippen LogP contribution < -0.4 is 10.1 Å². The van der Waals surface area contributed by atoms with Crippen LogP contribution in [0.4, 0.5) is 0 Å². The van der Waals surface area contributed by atoms with Crippen molar-refractivity contribution in [1.82, 2.24) is 5.32 Å². The first-order chi connectivity index (χ1) is 13.5. The van der Waals surface area contributed by atoms with Gasteiger partial charge < -0.3 is 14.8 Å². The molecular weight excluding hydrogens is 354 g/mol. The Bertz CT molecular complexity index is 768. The third kappa shape index (κ3) is 7.16. The van der Waals surface area contributed by atoms with Crippen molar-refractivity contribution in [3.63, 3.8) is 0 Å². The summed E-state index contributed by atoms with van der Waals surface area (Å²) in [4.78, 5) is 24.3. The largest absolute Gasteiger partial charge is 0.497 e. The molecule has 5 nitrogen and oxygen atoms in total. The second kappa shape index (κ2) is 11.2. The third-order valence-electron chi connectivity index (χ3n) is 4.39. The van der Waals surface area contributed by atoms with Gasteiger partial charge in [0.15, 0.2) is 5.78 Å². The van der Waals surface area contributed by atoms with Crippen LogP contribution in [0, 0.1) is 0 Å². The Morgan fingerprint density at radius 2 is 1.64 bits per heavy atom. The Labute approximate surface area is 167 Å². The lowest BCUT2D eigenvalue weighted by Gasteiger charge is -2.13. The van der Waals surface area contributed by atoms with E-state index in [9.17, 15) is 9.59 Å². The maximum absolute atomic E-state index is 12.2. The Hall–Kier alpha value is -2.66. The van der Waals surface area contributed by atoms with E-state index in [-0.39, 0.29) is 17.8 Å². The topological polar surface area (TPSA) is 64.6 Å². The number of hydrogen-bond acceptors (Lipinski definition) is 4. The van der Waals surface area contributed by atoms with Crippen molar-refractivity contribution in [2.75, 3.05) is 7.11 Å². The molecule has 0 unspecified atom stereocenters. The molecule has 2 aromatic carbocycles. The predicted molar refractivity (Wildman–Crippen MR) is 109 cm³/mol. The van der Waals surface area contributed by atoms with E-state index >= 15 is 0 Å². The maximum atomic E-state index is 12.2. The van der Waals surface area contributed by atoms with E-state index in [2.05, 4.69) is 5.32 Å².